The Hall–Kier alpha value is -1.10. The molecule has 0 unspecified atom stereocenters. The molecule has 0 fully saturated rings. The second-order valence-electron chi connectivity index (χ2n) is 20.3. The molecule has 0 saturated heterocycles. The van der Waals surface area contributed by atoms with Gasteiger partial charge in [0.25, 0.3) is 0 Å². The fourth-order valence-corrected chi connectivity index (χ4v) is 10.2. The van der Waals surface area contributed by atoms with Crippen LogP contribution in [0.1, 0.15) is 254 Å². The van der Waals surface area contributed by atoms with Crippen molar-refractivity contribution >= 4 is 0 Å². The first-order valence-electron chi connectivity index (χ1n) is 27.6. The molecule has 0 aliphatic heterocycles. The van der Waals surface area contributed by atoms with Gasteiger partial charge in [0.15, 0.2) is 0 Å². The van der Waals surface area contributed by atoms with Gasteiger partial charge in [-0.2, -0.15) is 0 Å². The predicted molar refractivity (Wildman–Crippen MR) is 274 cm³/mol. The highest BCUT2D eigenvalue weighted by Gasteiger charge is 2.25. The van der Waals surface area contributed by atoms with E-state index in [9.17, 15) is 5.11 Å². The highest BCUT2D eigenvalue weighted by atomic mass is 16.3. The molecule has 0 bridgehead atoms. The molecule has 0 aliphatic rings. The van der Waals surface area contributed by atoms with Crippen LogP contribution in [0.2, 0.25) is 0 Å². The van der Waals surface area contributed by atoms with Crippen LogP contribution in [0.5, 0.6) is 5.75 Å². The fraction of sp³-hybridized carbons (Fsp3) is 0.895. The van der Waals surface area contributed by atoms with E-state index in [0.717, 1.165) is 57.6 Å². The lowest BCUT2D eigenvalue weighted by atomic mass is 9.93. The largest absolute Gasteiger partial charge is 0.507 e. The summed E-state index contributed by atoms with van der Waals surface area (Å²) in [4.78, 5) is 8.48. The van der Waals surface area contributed by atoms with Crippen LogP contribution in [0, 0.1) is 35.5 Å². The average molecular weight is 855 g/mol. The Morgan fingerprint density at radius 3 is 0.754 bits per heavy atom. The van der Waals surface area contributed by atoms with E-state index in [-0.39, 0.29) is 0 Å². The molecule has 1 rings (SSSR count). The van der Waals surface area contributed by atoms with E-state index >= 15 is 0 Å². The van der Waals surface area contributed by atoms with Gasteiger partial charge in [-0.1, -0.05) is 199 Å². The summed E-state index contributed by atoms with van der Waals surface area (Å²) in [6.45, 7) is 38.3. The summed E-state index contributed by atoms with van der Waals surface area (Å²) in [5.74, 6) is 4.95. The minimum Gasteiger partial charge on any atom is -0.507 e. The maximum absolute atomic E-state index is 12.7. The van der Waals surface area contributed by atoms with Gasteiger partial charge in [-0.25, -0.2) is 0 Å². The normalized spacial score (nSPS) is 15.2. The van der Waals surface area contributed by atoms with Crippen molar-refractivity contribution in [1.29, 1.82) is 0 Å². The molecular weight excluding hydrogens is 743 g/mol. The topological polar surface area (TPSA) is 30.0 Å². The van der Waals surface area contributed by atoms with Gasteiger partial charge in [-0.3, -0.25) is 14.7 Å². The van der Waals surface area contributed by atoms with E-state index in [2.05, 4.69) is 110 Å². The standard InChI is InChI=1S/C57H111N3O/c1-13-25-31-48(19-7)39-58(40-49(20-8)32-26-14-2)45-54-37-55(46-59(41-50(21-9)33-27-15-3)42-51(22-10)34-28-16-4)57(61)56(38-54)47-60(43-52(23-11)35-29-17-5)44-53(24-12)36-30-18-6/h37-38,48-53,61H,13-36,39-47H2,1-12H3/t48-,49+,50-,51-,52-,53-/m0/s1. The zero-order chi connectivity index (χ0) is 45.3. The van der Waals surface area contributed by atoms with E-state index < -0.39 is 0 Å². The zero-order valence-corrected chi connectivity index (χ0v) is 43.7. The summed E-state index contributed by atoms with van der Waals surface area (Å²) < 4.78 is 0. The third kappa shape index (κ3) is 25.3. The SMILES string of the molecule is CCCC[C@@H](CC)CN(Cc1cc(CN(C[C@@H](CC)CCCC)C[C@@H](CC)CCCC)c(O)c(CN(C[C@@H](CC)CCCC)C[C@@H](CC)CCCC)c1)C[C@@H](CC)CCCC. The van der Waals surface area contributed by atoms with Crippen LogP contribution in [-0.4, -0.2) is 59.1 Å². The van der Waals surface area contributed by atoms with Crippen molar-refractivity contribution < 1.29 is 5.11 Å². The molecule has 0 heterocycles. The Morgan fingerprint density at radius 2 is 0.557 bits per heavy atom. The van der Waals surface area contributed by atoms with Crippen molar-refractivity contribution in [2.24, 2.45) is 35.5 Å². The molecule has 0 radical (unpaired) electrons. The number of benzene rings is 1. The number of hydrogen-bond acceptors (Lipinski definition) is 4. The summed E-state index contributed by atoms with van der Waals surface area (Å²) in [5, 5.41) is 12.7. The summed E-state index contributed by atoms with van der Waals surface area (Å²) >= 11 is 0. The molecule has 0 spiro atoms. The lowest BCUT2D eigenvalue weighted by Gasteiger charge is -2.33. The fourth-order valence-electron chi connectivity index (χ4n) is 10.2. The molecule has 0 aromatic heterocycles. The zero-order valence-electron chi connectivity index (χ0n) is 43.7. The number of aromatic hydroxyl groups is 1. The lowest BCUT2D eigenvalue weighted by molar-refractivity contribution is 0.167. The second-order valence-corrected chi connectivity index (χ2v) is 20.3. The van der Waals surface area contributed by atoms with Crippen LogP contribution in [-0.2, 0) is 19.6 Å². The molecular formula is C57H111N3O. The Labute approximate surface area is 384 Å². The van der Waals surface area contributed by atoms with Crippen LogP contribution in [0.3, 0.4) is 0 Å². The van der Waals surface area contributed by atoms with E-state index in [1.165, 1.54) is 184 Å². The van der Waals surface area contributed by atoms with Crippen molar-refractivity contribution in [3.8, 4) is 5.75 Å². The van der Waals surface area contributed by atoms with Gasteiger partial charge in [-0.05, 0) is 91.7 Å². The van der Waals surface area contributed by atoms with Gasteiger partial charge in [0.05, 0.1) is 0 Å². The lowest BCUT2D eigenvalue weighted by Crippen LogP contribution is -2.35. The van der Waals surface area contributed by atoms with Crippen LogP contribution in [0.25, 0.3) is 0 Å². The van der Waals surface area contributed by atoms with Crippen molar-refractivity contribution in [2.45, 2.75) is 257 Å². The monoisotopic (exact) mass is 854 g/mol. The first-order chi connectivity index (χ1) is 29.6. The molecule has 0 amide bonds. The molecule has 1 N–H and O–H groups in total. The molecule has 61 heavy (non-hydrogen) atoms. The summed E-state index contributed by atoms with van der Waals surface area (Å²) in [6.07, 6.45) is 31.0. The molecule has 6 atom stereocenters. The van der Waals surface area contributed by atoms with E-state index in [0.29, 0.717) is 29.4 Å². The van der Waals surface area contributed by atoms with Gasteiger partial charge in [0, 0.05) is 70.0 Å². The Bertz CT molecular complexity index is 1020. The summed E-state index contributed by atoms with van der Waals surface area (Å²) in [5.41, 5.74) is 3.82. The minimum absolute atomic E-state index is 0.598. The van der Waals surface area contributed by atoms with Crippen LogP contribution in [0.15, 0.2) is 12.1 Å². The van der Waals surface area contributed by atoms with E-state index in [1.807, 2.05) is 0 Å². The molecule has 1 aromatic carbocycles. The highest BCUT2D eigenvalue weighted by Crippen LogP contribution is 2.32. The number of hydrogen-bond donors (Lipinski definition) is 1. The van der Waals surface area contributed by atoms with Gasteiger partial charge in [0.2, 0.25) is 0 Å². The van der Waals surface area contributed by atoms with Crippen molar-refractivity contribution in [1.82, 2.24) is 14.7 Å². The smallest absolute Gasteiger partial charge is 0.124 e. The third-order valence-corrected chi connectivity index (χ3v) is 14.9. The summed E-state index contributed by atoms with van der Waals surface area (Å²) in [6, 6.07) is 4.96. The van der Waals surface area contributed by atoms with Crippen LogP contribution in [0.4, 0.5) is 0 Å². The van der Waals surface area contributed by atoms with Crippen LogP contribution < -0.4 is 0 Å². The molecule has 360 valence electrons. The maximum Gasteiger partial charge on any atom is 0.124 e. The molecule has 0 aliphatic carbocycles. The van der Waals surface area contributed by atoms with E-state index in [4.69, 9.17) is 0 Å². The highest BCUT2D eigenvalue weighted by molar-refractivity contribution is 5.44. The number of nitrogens with zero attached hydrogens (tertiary/aromatic N) is 3. The number of phenolic OH excluding ortho intramolecular Hbond substituents is 1. The number of unbranched alkanes of at least 4 members (excludes halogenated alkanes) is 6. The maximum atomic E-state index is 12.7. The van der Waals surface area contributed by atoms with E-state index in [1.54, 1.807) is 0 Å². The van der Waals surface area contributed by atoms with Gasteiger partial charge in [-0.15, -0.1) is 0 Å². The second kappa shape index (κ2) is 37.2. The molecule has 1 aromatic rings. The van der Waals surface area contributed by atoms with Crippen molar-refractivity contribution in [3.63, 3.8) is 0 Å². The Balaban J connectivity index is 3.97. The van der Waals surface area contributed by atoms with Gasteiger partial charge < -0.3 is 5.11 Å². The number of phenols is 1. The van der Waals surface area contributed by atoms with Crippen LogP contribution >= 0.6 is 0 Å². The van der Waals surface area contributed by atoms with Gasteiger partial charge >= 0.3 is 0 Å². The molecule has 0 saturated carbocycles. The molecule has 4 heteroatoms. The van der Waals surface area contributed by atoms with Crippen molar-refractivity contribution in [3.05, 3.63) is 28.8 Å². The quantitative estimate of drug-likeness (QED) is 0.0710. The third-order valence-electron chi connectivity index (χ3n) is 14.9. The van der Waals surface area contributed by atoms with Gasteiger partial charge in [0.1, 0.15) is 5.75 Å². The predicted octanol–water partition coefficient (Wildman–Crippen LogP) is 17.1. The molecule has 4 nitrogen and oxygen atoms in total. The Morgan fingerprint density at radius 1 is 0.344 bits per heavy atom. The van der Waals surface area contributed by atoms with Crippen molar-refractivity contribution in [2.75, 3.05) is 39.3 Å². The first-order valence-corrected chi connectivity index (χ1v) is 27.6. The minimum atomic E-state index is 0.598. The summed E-state index contributed by atoms with van der Waals surface area (Å²) in [7, 11) is 0. The average Bonchev–Trinajstić information content (AvgIpc) is 3.27. The first kappa shape index (κ1) is 57.9. The number of rotatable bonds is 42. The Kier molecular flexibility index (Phi) is 35.3.